The highest BCUT2D eigenvalue weighted by Gasteiger charge is 2.62. The average molecular weight is 484 g/mol. The van der Waals surface area contributed by atoms with E-state index in [9.17, 15) is 5.11 Å². The zero-order valence-electron chi connectivity index (χ0n) is 22.7. The van der Waals surface area contributed by atoms with Gasteiger partial charge in [-0.15, -0.1) is 0 Å². The van der Waals surface area contributed by atoms with Crippen molar-refractivity contribution in [2.24, 2.45) is 5.11 Å². The van der Waals surface area contributed by atoms with E-state index >= 15 is 0 Å². The summed E-state index contributed by atoms with van der Waals surface area (Å²) in [4.78, 5) is 3.00. The quantitative estimate of drug-likeness (QED) is 0.0831. The van der Waals surface area contributed by atoms with Crippen molar-refractivity contribution in [1.29, 1.82) is 0 Å². The van der Waals surface area contributed by atoms with Gasteiger partial charge in [0, 0.05) is 21.6 Å². The van der Waals surface area contributed by atoms with Crippen LogP contribution in [0.5, 0.6) is 0 Å². The fourth-order valence-corrected chi connectivity index (χ4v) is 10.4. The van der Waals surface area contributed by atoms with Crippen LogP contribution in [0, 0.1) is 0 Å². The van der Waals surface area contributed by atoms with Crippen molar-refractivity contribution in [2.75, 3.05) is 6.61 Å². The summed E-state index contributed by atoms with van der Waals surface area (Å²) in [7, 11) is -2.71. The first kappa shape index (κ1) is 30.4. The second-order valence-electron chi connectivity index (χ2n) is 12.0. The molecule has 7 heteroatoms. The van der Waals surface area contributed by atoms with Gasteiger partial charge in [-0.3, -0.25) is 0 Å². The molecule has 1 heterocycles. The maximum atomic E-state index is 11.1. The van der Waals surface area contributed by atoms with E-state index in [0.717, 1.165) is 12.8 Å². The number of hydrogen-bond donors (Lipinski definition) is 1. The molecule has 0 spiro atoms. The van der Waals surface area contributed by atoms with Crippen LogP contribution < -0.4 is 0 Å². The molecule has 1 saturated heterocycles. The number of rotatable bonds is 15. The summed E-state index contributed by atoms with van der Waals surface area (Å²) in [6.07, 6.45) is 15.1. The van der Waals surface area contributed by atoms with Gasteiger partial charge in [0.15, 0.2) is 0 Å². The molecule has 194 valence electrons. The van der Waals surface area contributed by atoms with Crippen LogP contribution in [-0.4, -0.2) is 38.5 Å². The zero-order valence-corrected chi connectivity index (χ0v) is 23.7. The van der Waals surface area contributed by atoms with Gasteiger partial charge >= 0.3 is 8.56 Å². The molecule has 1 fully saturated rings. The largest absolute Gasteiger partial charge is 0.393 e. The predicted octanol–water partition coefficient (Wildman–Crippen LogP) is 8.58. The van der Waals surface area contributed by atoms with Gasteiger partial charge in [-0.2, -0.15) is 0 Å². The highest BCUT2D eigenvalue weighted by atomic mass is 28.4. The summed E-state index contributed by atoms with van der Waals surface area (Å²) in [5.41, 5.74) is 9.03. The van der Waals surface area contributed by atoms with Crippen LogP contribution >= 0.6 is 0 Å². The average Bonchev–Trinajstić information content (AvgIpc) is 2.73. The van der Waals surface area contributed by atoms with Crippen LogP contribution in [-0.2, 0) is 8.85 Å². The van der Waals surface area contributed by atoms with Gasteiger partial charge < -0.3 is 14.0 Å². The summed E-state index contributed by atoms with van der Waals surface area (Å²) in [6.45, 7) is 15.5. The Morgan fingerprint density at radius 1 is 0.879 bits per heavy atom. The van der Waals surface area contributed by atoms with Gasteiger partial charge in [0.05, 0.1) is 18.2 Å². The van der Waals surface area contributed by atoms with Crippen molar-refractivity contribution in [3.05, 3.63) is 10.4 Å². The van der Waals surface area contributed by atoms with E-state index in [0.29, 0.717) is 13.0 Å². The lowest BCUT2D eigenvalue weighted by Gasteiger charge is -2.54. The Labute approximate surface area is 205 Å². The van der Waals surface area contributed by atoms with Crippen molar-refractivity contribution in [3.8, 4) is 0 Å². The number of unbranched alkanes of at least 4 members (excludes halogenated alkanes) is 11. The minimum absolute atomic E-state index is 0.166. The summed E-state index contributed by atoms with van der Waals surface area (Å²) in [5, 5.41) is 14.6. The smallest absolute Gasteiger partial charge is 0.349 e. The van der Waals surface area contributed by atoms with Gasteiger partial charge in [-0.05, 0) is 12.0 Å². The van der Waals surface area contributed by atoms with Crippen LogP contribution in [0.3, 0.4) is 0 Å². The van der Waals surface area contributed by atoms with Crippen molar-refractivity contribution >= 4 is 8.56 Å². The van der Waals surface area contributed by atoms with E-state index in [1.165, 1.54) is 64.2 Å². The summed E-state index contributed by atoms with van der Waals surface area (Å²) < 4.78 is 13.1. The van der Waals surface area contributed by atoms with E-state index in [1.807, 2.05) is 0 Å². The Morgan fingerprint density at radius 3 is 1.76 bits per heavy atom. The maximum Gasteiger partial charge on any atom is 0.349 e. The third kappa shape index (κ3) is 9.52. The van der Waals surface area contributed by atoms with Gasteiger partial charge in [0.1, 0.15) is 0 Å². The molecule has 0 saturated carbocycles. The SMILES string of the molecule is CCCCCCCCCCCCCC[C@@H](O)[C@H]1O[Si](C(C)(C)C)(C(C)(C)C)OC[C@@H]1N=[N+]=[N-]. The second kappa shape index (κ2) is 14.7. The highest BCUT2D eigenvalue weighted by Crippen LogP contribution is 2.54. The molecule has 6 nitrogen and oxygen atoms in total. The molecule has 1 N–H and O–H groups in total. The molecule has 0 bridgehead atoms. The predicted molar refractivity (Wildman–Crippen MR) is 141 cm³/mol. The van der Waals surface area contributed by atoms with Gasteiger partial charge in [-0.1, -0.05) is 131 Å². The molecule has 1 aliphatic heterocycles. The lowest BCUT2D eigenvalue weighted by Crippen LogP contribution is -2.66. The molecule has 0 aliphatic carbocycles. The Balaban J connectivity index is 2.48. The Hall–Kier alpha value is -0.593. The lowest BCUT2D eigenvalue weighted by atomic mass is 10.00. The van der Waals surface area contributed by atoms with Gasteiger partial charge in [-0.25, -0.2) is 0 Å². The van der Waals surface area contributed by atoms with Crippen LogP contribution in [0.1, 0.15) is 132 Å². The van der Waals surface area contributed by atoms with E-state index in [2.05, 4.69) is 58.5 Å². The topological polar surface area (TPSA) is 87.5 Å². The molecular formula is C26H53N3O3Si. The first-order valence-corrected chi connectivity index (χ1v) is 15.4. The third-order valence-corrected chi connectivity index (χ3v) is 12.2. The van der Waals surface area contributed by atoms with Crippen LogP contribution in [0.25, 0.3) is 10.4 Å². The standard InChI is InChI=1S/C26H53N3O3Si/c1-8-9-10-11-12-13-14-15-16-17-18-19-20-23(30)24-22(28-29-27)21-31-33(32-24,25(2,3)4)26(5,6)7/h22-24,30H,8-21H2,1-7H3/t22-,23+,24-/m0/s1. The van der Waals surface area contributed by atoms with Crippen molar-refractivity contribution in [2.45, 2.75) is 160 Å². The number of hydrogen-bond acceptors (Lipinski definition) is 4. The normalized spacial score (nSPS) is 22.1. The fraction of sp³-hybridized carbons (Fsp3) is 1.00. The monoisotopic (exact) mass is 483 g/mol. The van der Waals surface area contributed by atoms with E-state index in [1.54, 1.807) is 0 Å². The maximum absolute atomic E-state index is 11.1. The molecule has 33 heavy (non-hydrogen) atoms. The molecule has 0 aromatic heterocycles. The van der Waals surface area contributed by atoms with Crippen LogP contribution in [0.4, 0.5) is 0 Å². The molecule has 1 rings (SSSR count). The first-order valence-electron chi connectivity index (χ1n) is 13.5. The molecule has 0 amide bonds. The molecule has 0 aromatic rings. The van der Waals surface area contributed by atoms with E-state index in [-0.39, 0.29) is 10.1 Å². The Morgan fingerprint density at radius 2 is 1.33 bits per heavy atom. The van der Waals surface area contributed by atoms with Gasteiger partial charge in [0.2, 0.25) is 0 Å². The number of nitrogens with zero attached hydrogens (tertiary/aromatic N) is 3. The van der Waals surface area contributed by atoms with Crippen molar-refractivity contribution < 1.29 is 14.0 Å². The summed E-state index contributed by atoms with van der Waals surface area (Å²) >= 11 is 0. The van der Waals surface area contributed by atoms with Crippen molar-refractivity contribution in [1.82, 2.24) is 0 Å². The fourth-order valence-electron chi connectivity index (χ4n) is 5.37. The Kier molecular flexibility index (Phi) is 13.6. The number of aliphatic hydroxyl groups excluding tert-OH is 1. The Bertz CT molecular complexity index is 568. The van der Waals surface area contributed by atoms with Crippen LogP contribution in [0.15, 0.2) is 5.11 Å². The highest BCUT2D eigenvalue weighted by molar-refractivity contribution is 6.73. The number of azide groups is 1. The van der Waals surface area contributed by atoms with Crippen LogP contribution in [0.2, 0.25) is 10.1 Å². The zero-order chi connectivity index (χ0) is 25.0. The van der Waals surface area contributed by atoms with E-state index < -0.39 is 26.8 Å². The van der Waals surface area contributed by atoms with Crippen molar-refractivity contribution in [3.63, 3.8) is 0 Å². The third-order valence-electron chi connectivity index (χ3n) is 7.05. The van der Waals surface area contributed by atoms with Gasteiger partial charge in [0.25, 0.3) is 0 Å². The second-order valence-corrected chi connectivity index (χ2v) is 16.8. The summed E-state index contributed by atoms with van der Waals surface area (Å²) in [5.74, 6) is 0. The number of aliphatic hydroxyl groups is 1. The lowest BCUT2D eigenvalue weighted by molar-refractivity contribution is -0.0611. The molecule has 3 atom stereocenters. The molecular weight excluding hydrogens is 430 g/mol. The molecule has 0 aromatic carbocycles. The van der Waals surface area contributed by atoms with E-state index in [4.69, 9.17) is 14.4 Å². The first-order chi connectivity index (χ1) is 15.5. The molecule has 0 radical (unpaired) electrons. The summed E-state index contributed by atoms with van der Waals surface area (Å²) in [6, 6.07) is -0.479. The molecule has 0 unspecified atom stereocenters. The molecule has 1 aliphatic rings. The minimum Gasteiger partial charge on any atom is -0.393 e. The minimum atomic E-state index is -2.71.